The van der Waals surface area contributed by atoms with Gasteiger partial charge in [0.05, 0.1) is 19.9 Å². The molecule has 2 atom stereocenters. The third-order valence-corrected chi connectivity index (χ3v) is 6.45. The van der Waals surface area contributed by atoms with Crippen molar-refractivity contribution >= 4 is 61.3 Å². The topological polar surface area (TPSA) is 92.0 Å². The Morgan fingerprint density at radius 2 is 1.88 bits per heavy atom. The van der Waals surface area contributed by atoms with Crippen molar-refractivity contribution in [3.8, 4) is 0 Å². The quantitative estimate of drug-likeness (QED) is 0.189. The molecule has 0 aliphatic carbocycles. The summed E-state index contributed by atoms with van der Waals surface area (Å²) in [5.41, 5.74) is -0.673. The number of carbonyl (C=O) groups is 3. The van der Waals surface area contributed by atoms with Gasteiger partial charge in [0.2, 0.25) is 9.90 Å². The second kappa shape index (κ2) is 9.64. The highest BCUT2D eigenvalue weighted by Crippen LogP contribution is 2.33. The lowest BCUT2D eigenvalue weighted by Crippen LogP contribution is -2.42. The van der Waals surface area contributed by atoms with E-state index >= 15 is 0 Å². The fraction of sp³-hybridized carbons (Fsp3) is 0.533. The van der Waals surface area contributed by atoms with Gasteiger partial charge in [-0.15, -0.1) is 0 Å². The molecule has 1 aromatic heterocycles. The van der Waals surface area contributed by atoms with Crippen LogP contribution in [0.3, 0.4) is 0 Å². The molecule has 0 saturated heterocycles. The summed E-state index contributed by atoms with van der Waals surface area (Å²) in [4.78, 5) is 35.0. The summed E-state index contributed by atoms with van der Waals surface area (Å²) in [6.07, 6.45) is -0.281. The van der Waals surface area contributed by atoms with Crippen LogP contribution in [0.4, 0.5) is 0 Å². The van der Waals surface area contributed by atoms with Crippen LogP contribution in [-0.4, -0.2) is 43.0 Å². The first kappa shape index (κ1) is 22.8. The Bertz CT molecular complexity index is 608. The summed E-state index contributed by atoms with van der Waals surface area (Å²) in [5, 5.41) is 0. The van der Waals surface area contributed by atoms with Crippen LogP contribution in [0.1, 0.15) is 5.76 Å². The zero-order valence-corrected chi connectivity index (χ0v) is 17.6. The molecule has 0 aliphatic rings. The minimum Gasteiger partial charge on any atom is -0.466 e. The number of ether oxygens (including phenoxy) is 3. The Labute approximate surface area is 166 Å². The van der Waals surface area contributed by atoms with Gasteiger partial charge in [0.15, 0.2) is 0 Å². The number of furan rings is 1. The van der Waals surface area contributed by atoms with Crippen LogP contribution >= 0.6 is 34.8 Å². The molecule has 26 heavy (non-hydrogen) atoms. The van der Waals surface area contributed by atoms with E-state index < -0.39 is 35.5 Å². The van der Waals surface area contributed by atoms with Gasteiger partial charge in [0, 0.05) is 0 Å². The molecule has 0 bridgehead atoms. The van der Waals surface area contributed by atoms with E-state index in [4.69, 9.17) is 48.7 Å². The summed E-state index contributed by atoms with van der Waals surface area (Å²) in [6.45, 7) is 5.38. The minimum absolute atomic E-state index is 0.0264. The normalized spacial score (nSPS) is 14.2. The van der Waals surface area contributed by atoms with E-state index in [9.17, 15) is 14.4 Å². The van der Waals surface area contributed by atoms with Crippen molar-refractivity contribution in [2.24, 2.45) is 0 Å². The Hall–Kier alpha value is -1.22. The van der Waals surface area contributed by atoms with Gasteiger partial charge in [-0.2, -0.15) is 0 Å². The Morgan fingerprint density at radius 3 is 2.35 bits per heavy atom. The van der Waals surface area contributed by atoms with Crippen LogP contribution in [0.5, 0.6) is 0 Å². The van der Waals surface area contributed by atoms with Crippen LogP contribution in [0.2, 0.25) is 25.2 Å². The van der Waals surface area contributed by atoms with Crippen molar-refractivity contribution in [3.63, 3.8) is 0 Å². The Balaban J connectivity index is 2.73. The van der Waals surface area contributed by atoms with Gasteiger partial charge < -0.3 is 18.6 Å². The summed E-state index contributed by atoms with van der Waals surface area (Å²) in [5.74, 6) is -1.12. The van der Waals surface area contributed by atoms with E-state index in [1.807, 2.05) is 19.6 Å². The molecular weight excluding hydrogens is 427 g/mol. The maximum atomic E-state index is 12.4. The van der Waals surface area contributed by atoms with Gasteiger partial charge in [-0.1, -0.05) is 54.4 Å². The molecule has 7 nitrogen and oxygen atoms in total. The number of hydrogen-bond donors (Lipinski definition) is 0. The number of esters is 2. The molecule has 1 heterocycles. The van der Waals surface area contributed by atoms with Gasteiger partial charge in [0.1, 0.15) is 19.0 Å². The summed E-state index contributed by atoms with van der Waals surface area (Å²) in [7, 11) is -2.13. The first-order chi connectivity index (χ1) is 12.0. The number of rotatable bonds is 9. The Morgan fingerprint density at radius 1 is 1.23 bits per heavy atom. The van der Waals surface area contributed by atoms with E-state index in [0.717, 1.165) is 0 Å². The summed E-state index contributed by atoms with van der Waals surface area (Å²) >= 11 is 16.8. The molecule has 1 rings (SSSR count). The van der Waals surface area contributed by atoms with E-state index in [0.29, 0.717) is 5.76 Å². The fourth-order valence-corrected chi connectivity index (χ4v) is 3.67. The zero-order chi connectivity index (χ0) is 20.0. The molecule has 0 aliphatic heterocycles. The van der Waals surface area contributed by atoms with Crippen LogP contribution in [0, 0.1) is 0 Å². The SMILES string of the molecule is C[Si](C)(C)C(COC(=O)C(OC=O)C(Cl)(Cl)Cl)C(=O)OCc1ccco1. The van der Waals surface area contributed by atoms with Crippen LogP contribution in [0.15, 0.2) is 22.8 Å². The van der Waals surface area contributed by atoms with Gasteiger partial charge in [-0.05, 0) is 12.1 Å². The lowest BCUT2D eigenvalue weighted by molar-refractivity contribution is -0.162. The average molecular weight is 446 g/mol. The molecular formula is C15H19Cl3O7Si. The van der Waals surface area contributed by atoms with Crippen LogP contribution in [0.25, 0.3) is 0 Å². The summed E-state index contributed by atoms with van der Waals surface area (Å²) < 4.78 is 17.7. The second-order valence-electron chi connectivity index (χ2n) is 6.39. The first-order valence-electron chi connectivity index (χ1n) is 7.48. The summed E-state index contributed by atoms with van der Waals surface area (Å²) in [6, 6.07) is 3.34. The van der Waals surface area contributed by atoms with Gasteiger partial charge >= 0.3 is 11.9 Å². The minimum atomic E-state index is -2.20. The van der Waals surface area contributed by atoms with Crippen molar-refractivity contribution in [3.05, 3.63) is 24.2 Å². The first-order valence-corrected chi connectivity index (χ1v) is 12.2. The maximum absolute atomic E-state index is 12.4. The molecule has 2 unspecified atom stereocenters. The van der Waals surface area contributed by atoms with Crippen molar-refractivity contribution < 1.29 is 33.0 Å². The van der Waals surface area contributed by atoms with Crippen molar-refractivity contribution in [1.82, 2.24) is 0 Å². The molecule has 11 heteroatoms. The van der Waals surface area contributed by atoms with Gasteiger partial charge in [-0.3, -0.25) is 9.59 Å². The third-order valence-electron chi connectivity index (χ3n) is 3.36. The predicted octanol–water partition coefficient (Wildman–Crippen LogP) is 3.49. The molecule has 0 aromatic carbocycles. The fourth-order valence-electron chi connectivity index (χ4n) is 1.87. The standard InChI is InChI=1S/C15H19Cl3O7Si/c1-26(2,3)11(13(20)23-7-10-5-4-6-22-10)8-24-14(21)12(25-9-19)15(16,17)18/h4-6,9,11-12H,7-8H2,1-3H3. The molecule has 0 spiro atoms. The van der Waals surface area contributed by atoms with Gasteiger partial charge in [-0.25, -0.2) is 4.79 Å². The number of alkyl halides is 3. The van der Waals surface area contributed by atoms with Crippen molar-refractivity contribution in [2.75, 3.05) is 6.61 Å². The molecule has 0 fully saturated rings. The second-order valence-corrected chi connectivity index (χ2v) is 14.2. The van der Waals surface area contributed by atoms with Crippen molar-refractivity contribution in [2.45, 2.75) is 41.7 Å². The number of carbonyl (C=O) groups excluding carboxylic acids is 3. The molecule has 0 radical (unpaired) electrons. The maximum Gasteiger partial charge on any atom is 0.352 e. The van der Waals surface area contributed by atoms with Crippen LogP contribution < -0.4 is 0 Å². The molecule has 1 aromatic rings. The molecule has 0 amide bonds. The van der Waals surface area contributed by atoms with E-state index in [2.05, 4.69) is 4.74 Å². The number of halogens is 3. The van der Waals surface area contributed by atoms with Crippen molar-refractivity contribution in [1.29, 1.82) is 0 Å². The highest BCUT2D eigenvalue weighted by Gasteiger charge is 2.43. The smallest absolute Gasteiger partial charge is 0.352 e. The van der Waals surface area contributed by atoms with Gasteiger partial charge in [0.25, 0.3) is 6.47 Å². The highest BCUT2D eigenvalue weighted by atomic mass is 35.6. The van der Waals surface area contributed by atoms with E-state index in [1.165, 1.54) is 6.26 Å². The highest BCUT2D eigenvalue weighted by molar-refractivity contribution is 6.80. The largest absolute Gasteiger partial charge is 0.466 e. The Kier molecular flexibility index (Phi) is 8.46. The molecule has 146 valence electrons. The monoisotopic (exact) mass is 444 g/mol. The van der Waals surface area contributed by atoms with E-state index in [-0.39, 0.29) is 19.7 Å². The number of hydrogen-bond acceptors (Lipinski definition) is 7. The average Bonchev–Trinajstić information content (AvgIpc) is 3.01. The molecule has 0 saturated carbocycles. The third kappa shape index (κ3) is 7.18. The van der Waals surface area contributed by atoms with Crippen LogP contribution in [-0.2, 0) is 35.2 Å². The molecule has 0 N–H and O–H groups in total. The zero-order valence-electron chi connectivity index (χ0n) is 14.4. The lowest BCUT2D eigenvalue weighted by atomic mass is 10.4. The van der Waals surface area contributed by atoms with E-state index in [1.54, 1.807) is 12.1 Å². The predicted molar refractivity (Wildman–Crippen MR) is 97.8 cm³/mol. The lowest BCUT2D eigenvalue weighted by Gasteiger charge is -2.28.